The lowest BCUT2D eigenvalue weighted by atomic mass is 9.83. The molecular weight excluding hydrogens is 382 g/mol. The normalized spacial score (nSPS) is 23.7. The first kappa shape index (κ1) is 20.0. The van der Waals surface area contributed by atoms with Crippen LogP contribution < -0.4 is 15.5 Å². The van der Waals surface area contributed by atoms with Crippen molar-refractivity contribution in [3.8, 4) is 0 Å². The van der Waals surface area contributed by atoms with Gasteiger partial charge in [0, 0.05) is 24.6 Å². The number of hydrogen-bond donors (Lipinski definition) is 2. The van der Waals surface area contributed by atoms with Crippen LogP contribution in [0.15, 0.2) is 42.7 Å². The van der Waals surface area contributed by atoms with Gasteiger partial charge in [0.1, 0.15) is 5.54 Å². The fourth-order valence-corrected chi connectivity index (χ4v) is 4.31. The van der Waals surface area contributed by atoms with Gasteiger partial charge in [-0.05, 0) is 36.5 Å². The number of rotatable bonds is 4. The Morgan fingerprint density at radius 3 is 2.67 bits per heavy atom. The molecule has 1 spiro atoms. The average molecular weight is 407 g/mol. The molecule has 2 N–H and O–H groups in total. The summed E-state index contributed by atoms with van der Waals surface area (Å²) in [4.78, 5) is 49.4. The Bertz CT molecular complexity index is 978. The van der Waals surface area contributed by atoms with Crippen molar-refractivity contribution in [3.05, 3.63) is 48.3 Å². The van der Waals surface area contributed by atoms with Gasteiger partial charge in [-0.2, -0.15) is 0 Å². The molecule has 2 aliphatic heterocycles. The van der Waals surface area contributed by atoms with Gasteiger partial charge >= 0.3 is 0 Å². The zero-order valence-corrected chi connectivity index (χ0v) is 17.1. The van der Waals surface area contributed by atoms with E-state index in [-0.39, 0.29) is 18.2 Å². The smallest absolute Gasteiger partial charge is 0.244 e. The molecule has 2 aromatic rings. The maximum Gasteiger partial charge on any atom is 0.244 e. The SMILES string of the molecule is CC(C)c1ccccc1NC(=O)C1C(=O)NC2(CCCN(c3ncccn3)C2)C1=O. The van der Waals surface area contributed by atoms with Crippen LogP contribution in [0.1, 0.15) is 38.2 Å². The average Bonchev–Trinajstić information content (AvgIpc) is 2.98. The van der Waals surface area contributed by atoms with E-state index in [1.54, 1.807) is 24.5 Å². The van der Waals surface area contributed by atoms with Crippen molar-refractivity contribution < 1.29 is 14.4 Å². The summed E-state index contributed by atoms with van der Waals surface area (Å²) in [5, 5.41) is 5.63. The quantitative estimate of drug-likeness (QED) is 0.750. The van der Waals surface area contributed by atoms with Crippen molar-refractivity contribution in [3.63, 3.8) is 0 Å². The van der Waals surface area contributed by atoms with E-state index in [1.807, 2.05) is 36.9 Å². The Labute approximate surface area is 175 Å². The molecule has 30 heavy (non-hydrogen) atoms. The molecule has 8 heteroatoms. The Kier molecular flexibility index (Phi) is 5.24. The number of para-hydroxylation sites is 1. The predicted octanol–water partition coefficient (Wildman–Crippen LogP) is 1.89. The van der Waals surface area contributed by atoms with Crippen molar-refractivity contribution in [2.75, 3.05) is 23.3 Å². The molecule has 2 unspecified atom stereocenters. The van der Waals surface area contributed by atoms with E-state index in [4.69, 9.17) is 0 Å². The molecule has 0 bridgehead atoms. The lowest BCUT2D eigenvalue weighted by molar-refractivity contribution is -0.135. The van der Waals surface area contributed by atoms with Crippen molar-refractivity contribution in [1.29, 1.82) is 0 Å². The van der Waals surface area contributed by atoms with Crippen molar-refractivity contribution in [2.45, 2.75) is 38.1 Å². The molecule has 1 aromatic heterocycles. The van der Waals surface area contributed by atoms with Crippen molar-refractivity contribution in [1.82, 2.24) is 15.3 Å². The van der Waals surface area contributed by atoms with Gasteiger partial charge in [-0.15, -0.1) is 0 Å². The lowest BCUT2D eigenvalue weighted by Gasteiger charge is -2.39. The molecule has 2 saturated heterocycles. The molecule has 0 saturated carbocycles. The maximum atomic E-state index is 13.3. The fourth-order valence-electron chi connectivity index (χ4n) is 4.31. The Hall–Kier alpha value is -3.29. The summed E-state index contributed by atoms with van der Waals surface area (Å²) in [7, 11) is 0. The highest BCUT2D eigenvalue weighted by Gasteiger charge is 2.57. The van der Waals surface area contributed by atoms with Crippen molar-refractivity contribution >= 4 is 29.2 Å². The number of aromatic nitrogens is 2. The summed E-state index contributed by atoms with van der Waals surface area (Å²) in [5.74, 6) is -2.17. The third kappa shape index (κ3) is 3.53. The largest absolute Gasteiger partial charge is 0.341 e. The summed E-state index contributed by atoms with van der Waals surface area (Å²) >= 11 is 0. The number of benzene rings is 1. The highest BCUT2D eigenvalue weighted by atomic mass is 16.2. The molecule has 2 amide bonds. The third-order valence-electron chi connectivity index (χ3n) is 5.79. The number of piperidine rings is 1. The number of carbonyl (C=O) groups is 3. The van der Waals surface area contributed by atoms with Crippen LogP contribution in [-0.2, 0) is 14.4 Å². The monoisotopic (exact) mass is 407 g/mol. The van der Waals surface area contributed by atoms with Crippen molar-refractivity contribution in [2.24, 2.45) is 5.92 Å². The summed E-state index contributed by atoms with van der Waals surface area (Å²) in [6, 6.07) is 9.15. The van der Waals surface area contributed by atoms with Gasteiger partial charge in [0.15, 0.2) is 11.7 Å². The van der Waals surface area contributed by atoms with E-state index in [9.17, 15) is 14.4 Å². The number of nitrogens with zero attached hydrogens (tertiary/aromatic N) is 3. The second-order valence-electron chi connectivity index (χ2n) is 8.17. The standard InChI is InChI=1S/C22H25N5O3/c1-14(2)15-7-3-4-8-16(15)25-19(29)17-18(28)22(26-20(17)30)9-5-12-27(13-22)21-23-10-6-11-24-21/h3-4,6-8,10-11,14,17H,5,9,12-13H2,1-2H3,(H,25,29)(H,26,30). The first-order chi connectivity index (χ1) is 14.4. The molecule has 3 heterocycles. The Morgan fingerprint density at radius 1 is 1.20 bits per heavy atom. The summed E-state index contributed by atoms with van der Waals surface area (Å²) in [6.07, 6.45) is 4.46. The first-order valence-corrected chi connectivity index (χ1v) is 10.2. The molecule has 1 aromatic carbocycles. The van der Waals surface area contributed by atoms with E-state index in [0.717, 1.165) is 5.56 Å². The Balaban J connectivity index is 1.55. The number of amides is 2. The molecule has 0 aliphatic carbocycles. The van der Waals surface area contributed by atoms with Gasteiger partial charge in [-0.1, -0.05) is 32.0 Å². The van der Waals surface area contributed by atoms with Gasteiger partial charge in [0.25, 0.3) is 0 Å². The van der Waals surface area contributed by atoms with Gasteiger partial charge < -0.3 is 15.5 Å². The van der Waals surface area contributed by atoms with E-state index in [0.29, 0.717) is 31.0 Å². The topological polar surface area (TPSA) is 104 Å². The second kappa shape index (κ2) is 7.85. The first-order valence-electron chi connectivity index (χ1n) is 10.2. The summed E-state index contributed by atoms with van der Waals surface area (Å²) < 4.78 is 0. The fraction of sp³-hybridized carbons (Fsp3) is 0.409. The number of anilines is 2. The van der Waals surface area contributed by atoms with Gasteiger partial charge in [-0.25, -0.2) is 9.97 Å². The zero-order chi connectivity index (χ0) is 21.3. The minimum absolute atomic E-state index is 0.193. The molecule has 4 rings (SSSR count). The molecular formula is C22H25N5O3. The number of hydrogen-bond acceptors (Lipinski definition) is 6. The minimum Gasteiger partial charge on any atom is -0.341 e. The van der Waals surface area contributed by atoms with Crippen LogP contribution in [0.4, 0.5) is 11.6 Å². The van der Waals surface area contributed by atoms with Crippen LogP contribution in [0.5, 0.6) is 0 Å². The van der Waals surface area contributed by atoms with E-state index < -0.39 is 23.3 Å². The van der Waals surface area contributed by atoms with Gasteiger partial charge in [0.2, 0.25) is 17.8 Å². The number of Topliss-reactive ketones (excluding diaryl/α,β-unsaturated/α-hetero) is 1. The number of nitrogens with one attached hydrogen (secondary N) is 2. The molecule has 0 radical (unpaired) electrons. The van der Waals surface area contributed by atoms with E-state index in [1.165, 1.54) is 0 Å². The van der Waals surface area contributed by atoms with E-state index in [2.05, 4.69) is 20.6 Å². The maximum absolute atomic E-state index is 13.3. The van der Waals surface area contributed by atoms with Crippen LogP contribution in [0, 0.1) is 5.92 Å². The Morgan fingerprint density at radius 2 is 1.93 bits per heavy atom. The molecule has 156 valence electrons. The lowest BCUT2D eigenvalue weighted by Crippen LogP contribution is -2.59. The van der Waals surface area contributed by atoms with Crippen LogP contribution in [0.25, 0.3) is 0 Å². The molecule has 8 nitrogen and oxygen atoms in total. The molecule has 2 fully saturated rings. The predicted molar refractivity (Wildman–Crippen MR) is 112 cm³/mol. The van der Waals surface area contributed by atoms with Gasteiger partial charge in [-0.3, -0.25) is 14.4 Å². The van der Waals surface area contributed by atoms with Crippen LogP contribution in [-0.4, -0.2) is 46.2 Å². The second-order valence-corrected chi connectivity index (χ2v) is 8.17. The summed E-state index contributed by atoms with van der Waals surface area (Å²) in [5.41, 5.74) is 0.493. The summed E-state index contributed by atoms with van der Waals surface area (Å²) in [6.45, 7) is 4.99. The number of carbonyl (C=O) groups excluding carboxylic acids is 3. The molecule has 2 aliphatic rings. The highest BCUT2D eigenvalue weighted by molar-refractivity contribution is 6.28. The van der Waals surface area contributed by atoms with Crippen LogP contribution in [0.2, 0.25) is 0 Å². The molecule has 2 atom stereocenters. The third-order valence-corrected chi connectivity index (χ3v) is 5.79. The van der Waals surface area contributed by atoms with Gasteiger partial charge in [0.05, 0.1) is 6.54 Å². The minimum atomic E-state index is -1.36. The number of ketones is 1. The van der Waals surface area contributed by atoms with E-state index >= 15 is 0 Å². The van der Waals surface area contributed by atoms with Crippen LogP contribution in [0.3, 0.4) is 0 Å². The van der Waals surface area contributed by atoms with Crippen LogP contribution >= 0.6 is 0 Å². The highest BCUT2D eigenvalue weighted by Crippen LogP contribution is 2.33. The zero-order valence-electron chi connectivity index (χ0n) is 17.1.